The summed E-state index contributed by atoms with van der Waals surface area (Å²) in [5.74, 6) is -0.626. The highest BCUT2D eigenvalue weighted by atomic mass is 35.5. The van der Waals surface area contributed by atoms with Gasteiger partial charge in [-0.3, -0.25) is 4.79 Å². The van der Waals surface area contributed by atoms with Crippen LogP contribution in [0.5, 0.6) is 0 Å². The zero-order valence-electron chi connectivity index (χ0n) is 9.22. The summed E-state index contributed by atoms with van der Waals surface area (Å²) in [7, 11) is 0. The molecule has 0 saturated heterocycles. The van der Waals surface area contributed by atoms with Crippen LogP contribution in [-0.2, 0) is 11.2 Å². The van der Waals surface area contributed by atoms with Crippen LogP contribution >= 0.6 is 11.6 Å². The minimum atomic E-state index is -0.432. The van der Waals surface area contributed by atoms with Crippen molar-refractivity contribution in [2.75, 3.05) is 6.54 Å². The van der Waals surface area contributed by atoms with Crippen LogP contribution in [0.3, 0.4) is 0 Å². The SMILES string of the molecule is CCCCNC(=O)Cc1c(F)cccc1Cl. The summed E-state index contributed by atoms with van der Waals surface area (Å²) >= 11 is 5.81. The fraction of sp³-hybridized carbons (Fsp3) is 0.417. The summed E-state index contributed by atoms with van der Waals surface area (Å²) in [6, 6.07) is 4.41. The molecule has 0 heterocycles. The van der Waals surface area contributed by atoms with Gasteiger partial charge in [0.15, 0.2) is 0 Å². The normalized spacial score (nSPS) is 10.2. The number of carbonyl (C=O) groups excluding carboxylic acids is 1. The standard InChI is InChI=1S/C12H15ClFNO/c1-2-3-7-15-12(16)8-9-10(13)5-4-6-11(9)14/h4-6H,2-3,7-8H2,1H3,(H,15,16). The van der Waals surface area contributed by atoms with Gasteiger partial charge in [-0.2, -0.15) is 0 Å². The van der Waals surface area contributed by atoms with E-state index in [2.05, 4.69) is 5.32 Å². The number of rotatable bonds is 5. The van der Waals surface area contributed by atoms with Crippen molar-refractivity contribution in [1.82, 2.24) is 5.32 Å². The molecule has 0 saturated carbocycles. The van der Waals surface area contributed by atoms with E-state index in [9.17, 15) is 9.18 Å². The first-order valence-electron chi connectivity index (χ1n) is 5.34. The second kappa shape index (κ2) is 6.48. The molecule has 4 heteroatoms. The Labute approximate surface area is 99.8 Å². The van der Waals surface area contributed by atoms with Gasteiger partial charge in [0.25, 0.3) is 0 Å². The smallest absolute Gasteiger partial charge is 0.224 e. The molecule has 0 spiro atoms. The summed E-state index contributed by atoms with van der Waals surface area (Å²) in [5.41, 5.74) is 0.262. The number of carbonyl (C=O) groups is 1. The lowest BCUT2D eigenvalue weighted by molar-refractivity contribution is -0.120. The Bertz CT molecular complexity index is 348. The summed E-state index contributed by atoms with van der Waals surface area (Å²) in [6.07, 6.45) is 1.94. The third-order valence-corrected chi connectivity index (χ3v) is 2.61. The minimum Gasteiger partial charge on any atom is -0.356 e. The molecule has 0 aliphatic rings. The van der Waals surface area contributed by atoms with Crippen molar-refractivity contribution in [3.8, 4) is 0 Å². The van der Waals surface area contributed by atoms with Crippen LogP contribution in [0.15, 0.2) is 18.2 Å². The minimum absolute atomic E-state index is 0.00474. The molecule has 16 heavy (non-hydrogen) atoms. The zero-order chi connectivity index (χ0) is 12.0. The highest BCUT2D eigenvalue weighted by Crippen LogP contribution is 2.19. The summed E-state index contributed by atoms with van der Waals surface area (Å²) < 4.78 is 13.3. The maximum atomic E-state index is 13.3. The van der Waals surface area contributed by atoms with Crippen LogP contribution in [0.1, 0.15) is 25.3 Å². The summed E-state index contributed by atoms with van der Waals surface area (Å²) in [6.45, 7) is 2.67. The van der Waals surface area contributed by atoms with Gasteiger partial charge >= 0.3 is 0 Å². The molecule has 1 N–H and O–H groups in total. The predicted molar refractivity (Wildman–Crippen MR) is 63.0 cm³/mol. The van der Waals surface area contributed by atoms with Gasteiger partial charge in [0.05, 0.1) is 6.42 Å². The number of nitrogens with one attached hydrogen (secondary N) is 1. The Kier molecular flexibility index (Phi) is 5.26. The van der Waals surface area contributed by atoms with E-state index in [4.69, 9.17) is 11.6 Å². The Morgan fingerprint density at radius 1 is 1.50 bits per heavy atom. The molecule has 0 aliphatic heterocycles. The third-order valence-electron chi connectivity index (χ3n) is 2.25. The van der Waals surface area contributed by atoms with E-state index in [-0.39, 0.29) is 17.9 Å². The van der Waals surface area contributed by atoms with Gasteiger partial charge in [-0.1, -0.05) is 31.0 Å². The van der Waals surface area contributed by atoms with Crippen molar-refractivity contribution >= 4 is 17.5 Å². The van der Waals surface area contributed by atoms with Gasteiger partial charge in [0.1, 0.15) is 5.82 Å². The highest BCUT2D eigenvalue weighted by molar-refractivity contribution is 6.31. The van der Waals surface area contributed by atoms with Gasteiger partial charge in [0.2, 0.25) is 5.91 Å². The first kappa shape index (κ1) is 13.0. The summed E-state index contributed by atoms with van der Waals surface area (Å²) in [5, 5.41) is 3.02. The van der Waals surface area contributed by atoms with Crippen LogP contribution in [0.2, 0.25) is 5.02 Å². The van der Waals surface area contributed by atoms with Gasteiger partial charge < -0.3 is 5.32 Å². The first-order valence-corrected chi connectivity index (χ1v) is 5.72. The second-order valence-electron chi connectivity index (χ2n) is 3.58. The lowest BCUT2D eigenvalue weighted by Gasteiger charge is -2.06. The molecule has 0 aromatic heterocycles. The lowest BCUT2D eigenvalue weighted by Crippen LogP contribution is -2.26. The molecular formula is C12H15ClFNO. The van der Waals surface area contributed by atoms with Gasteiger partial charge in [-0.15, -0.1) is 0 Å². The first-order chi connectivity index (χ1) is 7.65. The molecule has 2 nitrogen and oxygen atoms in total. The van der Waals surface area contributed by atoms with Crippen molar-refractivity contribution in [1.29, 1.82) is 0 Å². The summed E-state index contributed by atoms with van der Waals surface area (Å²) in [4.78, 5) is 11.5. The molecule has 1 aromatic carbocycles. The van der Waals surface area contributed by atoms with E-state index in [1.807, 2.05) is 6.92 Å². The number of unbranched alkanes of at least 4 members (excludes halogenated alkanes) is 1. The van der Waals surface area contributed by atoms with Crippen LogP contribution in [0.25, 0.3) is 0 Å². The van der Waals surface area contributed by atoms with Crippen LogP contribution in [0.4, 0.5) is 4.39 Å². The fourth-order valence-electron chi connectivity index (χ4n) is 1.33. The van der Waals surface area contributed by atoms with Crippen molar-refractivity contribution in [2.45, 2.75) is 26.2 Å². The molecule has 0 aliphatic carbocycles. The Morgan fingerprint density at radius 3 is 2.88 bits per heavy atom. The highest BCUT2D eigenvalue weighted by Gasteiger charge is 2.10. The molecule has 88 valence electrons. The van der Waals surface area contributed by atoms with E-state index in [1.165, 1.54) is 12.1 Å². The molecule has 0 unspecified atom stereocenters. The number of benzene rings is 1. The van der Waals surface area contributed by atoms with Gasteiger partial charge in [-0.25, -0.2) is 4.39 Å². The molecule has 0 fully saturated rings. The largest absolute Gasteiger partial charge is 0.356 e. The van der Waals surface area contributed by atoms with Crippen molar-refractivity contribution < 1.29 is 9.18 Å². The maximum absolute atomic E-state index is 13.3. The quantitative estimate of drug-likeness (QED) is 0.792. The third kappa shape index (κ3) is 3.81. The van der Waals surface area contributed by atoms with E-state index < -0.39 is 5.82 Å². The molecule has 1 amide bonds. The topological polar surface area (TPSA) is 29.1 Å². The maximum Gasteiger partial charge on any atom is 0.224 e. The molecule has 0 bridgehead atoms. The van der Waals surface area contributed by atoms with Crippen molar-refractivity contribution in [3.05, 3.63) is 34.6 Å². The Balaban J connectivity index is 2.56. The molecule has 1 aromatic rings. The average molecular weight is 244 g/mol. The predicted octanol–water partition coefficient (Wildman–Crippen LogP) is 2.94. The fourth-order valence-corrected chi connectivity index (χ4v) is 1.56. The van der Waals surface area contributed by atoms with E-state index >= 15 is 0 Å². The number of hydrogen-bond donors (Lipinski definition) is 1. The number of hydrogen-bond acceptors (Lipinski definition) is 1. The van der Waals surface area contributed by atoms with Crippen molar-refractivity contribution in [3.63, 3.8) is 0 Å². The average Bonchev–Trinajstić information content (AvgIpc) is 2.24. The van der Waals surface area contributed by atoms with Crippen molar-refractivity contribution in [2.24, 2.45) is 0 Å². The van der Waals surface area contributed by atoms with E-state index in [0.29, 0.717) is 11.6 Å². The van der Waals surface area contributed by atoms with E-state index in [1.54, 1.807) is 6.07 Å². The number of halogens is 2. The second-order valence-corrected chi connectivity index (χ2v) is 3.99. The lowest BCUT2D eigenvalue weighted by atomic mass is 10.1. The van der Waals surface area contributed by atoms with Crippen LogP contribution < -0.4 is 5.32 Å². The van der Waals surface area contributed by atoms with Gasteiger partial charge in [-0.05, 0) is 18.6 Å². The molecule has 0 radical (unpaired) electrons. The van der Waals surface area contributed by atoms with Crippen LogP contribution in [-0.4, -0.2) is 12.5 Å². The molecule has 1 rings (SSSR count). The molecule has 0 atom stereocenters. The monoisotopic (exact) mass is 243 g/mol. The molecular weight excluding hydrogens is 229 g/mol. The van der Waals surface area contributed by atoms with E-state index in [0.717, 1.165) is 12.8 Å². The Hall–Kier alpha value is -1.09. The van der Waals surface area contributed by atoms with Gasteiger partial charge in [0, 0.05) is 17.1 Å². The van der Waals surface area contributed by atoms with Crippen LogP contribution in [0, 0.1) is 5.82 Å². The Morgan fingerprint density at radius 2 is 2.25 bits per heavy atom. The zero-order valence-corrected chi connectivity index (χ0v) is 9.98. The number of amides is 1.